The molecule has 0 aromatic carbocycles. The SMILES string of the molecule is CC(C)C1CC(CN=C(N)NC2CCCCC2)CCO1. The summed E-state index contributed by atoms with van der Waals surface area (Å²) < 4.78 is 5.80. The van der Waals surface area contributed by atoms with Crippen LogP contribution in [0.2, 0.25) is 0 Å². The molecule has 2 aliphatic rings. The van der Waals surface area contributed by atoms with E-state index in [-0.39, 0.29) is 0 Å². The van der Waals surface area contributed by atoms with Gasteiger partial charge < -0.3 is 15.8 Å². The van der Waals surface area contributed by atoms with Gasteiger partial charge in [-0.2, -0.15) is 0 Å². The van der Waals surface area contributed by atoms with Crippen molar-refractivity contribution in [2.45, 2.75) is 70.9 Å². The van der Waals surface area contributed by atoms with Gasteiger partial charge in [0.2, 0.25) is 0 Å². The molecule has 4 heteroatoms. The predicted molar refractivity (Wildman–Crippen MR) is 83.8 cm³/mol. The first-order valence-electron chi connectivity index (χ1n) is 8.33. The van der Waals surface area contributed by atoms with Crippen molar-refractivity contribution in [3.63, 3.8) is 0 Å². The third kappa shape index (κ3) is 4.97. The molecule has 0 radical (unpaired) electrons. The molecule has 1 saturated carbocycles. The maximum absolute atomic E-state index is 6.02. The lowest BCUT2D eigenvalue weighted by Crippen LogP contribution is -2.41. The zero-order valence-electron chi connectivity index (χ0n) is 13.1. The summed E-state index contributed by atoms with van der Waals surface area (Å²) in [4.78, 5) is 4.56. The van der Waals surface area contributed by atoms with E-state index < -0.39 is 0 Å². The average Bonchev–Trinajstić information content (AvgIpc) is 2.46. The molecule has 0 spiro atoms. The van der Waals surface area contributed by atoms with Crippen LogP contribution in [0.3, 0.4) is 0 Å². The number of ether oxygens (including phenoxy) is 1. The lowest BCUT2D eigenvalue weighted by atomic mass is 9.90. The summed E-state index contributed by atoms with van der Waals surface area (Å²) in [7, 11) is 0. The Morgan fingerprint density at radius 2 is 2.00 bits per heavy atom. The molecule has 0 amide bonds. The van der Waals surface area contributed by atoms with Crippen molar-refractivity contribution in [1.82, 2.24) is 5.32 Å². The predicted octanol–water partition coefficient (Wildman–Crippen LogP) is 2.67. The maximum Gasteiger partial charge on any atom is 0.188 e. The highest BCUT2D eigenvalue weighted by molar-refractivity contribution is 5.78. The number of guanidine groups is 1. The monoisotopic (exact) mass is 281 g/mol. The van der Waals surface area contributed by atoms with Crippen molar-refractivity contribution in [2.75, 3.05) is 13.2 Å². The van der Waals surface area contributed by atoms with Gasteiger partial charge in [0.15, 0.2) is 5.96 Å². The van der Waals surface area contributed by atoms with Gasteiger partial charge in [-0.15, -0.1) is 0 Å². The van der Waals surface area contributed by atoms with Crippen molar-refractivity contribution in [3.8, 4) is 0 Å². The van der Waals surface area contributed by atoms with Crippen molar-refractivity contribution in [1.29, 1.82) is 0 Å². The highest BCUT2D eigenvalue weighted by Crippen LogP contribution is 2.25. The van der Waals surface area contributed by atoms with E-state index in [2.05, 4.69) is 24.2 Å². The fourth-order valence-corrected chi connectivity index (χ4v) is 3.26. The molecule has 1 saturated heterocycles. The smallest absolute Gasteiger partial charge is 0.188 e. The molecule has 2 fully saturated rings. The topological polar surface area (TPSA) is 59.6 Å². The van der Waals surface area contributed by atoms with Crippen molar-refractivity contribution in [3.05, 3.63) is 0 Å². The van der Waals surface area contributed by atoms with Gasteiger partial charge in [0.05, 0.1) is 6.10 Å². The van der Waals surface area contributed by atoms with E-state index in [4.69, 9.17) is 10.5 Å². The maximum atomic E-state index is 6.02. The molecule has 0 bridgehead atoms. The van der Waals surface area contributed by atoms with E-state index in [1.807, 2.05) is 0 Å². The number of aliphatic imine (C=N–C) groups is 1. The Kier molecular flexibility index (Phi) is 6.14. The second kappa shape index (κ2) is 7.87. The minimum Gasteiger partial charge on any atom is -0.378 e. The summed E-state index contributed by atoms with van der Waals surface area (Å²) >= 11 is 0. The highest BCUT2D eigenvalue weighted by Gasteiger charge is 2.24. The summed E-state index contributed by atoms with van der Waals surface area (Å²) in [5.41, 5.74) is 6.02. The standard InChI is InChI=1S/C16H31N3O/c1-12(2)15-10-13(8-9-20-15)11-18-16(17)19-14-6-4-3-5-7-14/h12-15H,3-11H2,1-2H3,(H3,17,18,19). The van der Waals surface area contributed by atoms with Crippen LogP contribution in [0.1, 0.15) is 58.8 Å². The molecule has 0 aromatic heterocycles. The van der Waals surface area contributed by atoms with E-state index in [1.54, 1.807) is 0 Å². The van der Waals surface area contributed by atoms with Gasteiger partial charge in [-0.05, 0) is 37.5 Å². The molecule has 2 atom stereocenters. The summed E-state index contributed by atoms with van der Waals surface area (Å²) in [6.07, 6.45) is 9.12. The molecule has 3 N–H and O–H groups in total. The van der Waals surface area contributed by atoms with Crippen molar-refractivity contribution in [2.24, 2.45) is 22.6 Å². The Labute approximate surface area is 123 Å². The van der Waals surface area contributed by atoms with Crippen LogP contribution in [-0.2, 0) is 4.74 Å². The first kappa shape index (κ1) is 15.6. The van der Waals surface area contributed by atoms with Gasteiger partial charge in [0.1, 0.15) is 0 Å². The quantitative estimate of drug-likeness (QED) is 0.615. The Bertz CT molecular complexity index is 311. The largest absolute Gasteiger partial charge is 0.378 e. The fourth-order valence-electron chi connectivity index (χ4n) is 3.26. The van der Waals surface area contributed by atoms with Gasteiger partial charge in [-0.1, -0.05) is 33.1 Å². The Hall–Kier alpha value is -0.770. The fraction of sp³-hybridized carbons (Fsp3) is 0.938. The van der Waals surface area contributed by atoms with Crippen molar-refractivity contribution >= 4 is 5.96 Å². The zero-order chi connectivity index (χ0) is 14.4. The molecule has 1 aliphatic carbocycles. The first-order valence-corrected chi connectivity index (χ1v) is 8.33. The minimum atomic E-state index is 0.400. The van der Waals surface area contributed by atoms with E-state index in [0.717, 1.165) is 26.0 Å². The van der Waals surface area contributed by atoms with Crippen LogP contribution >= 0.6 is 0 Å². The van der Waals surface area contributed by atoms with Crippen LogP contribution in [0.5, 0.6) is 0 Å². The lowest BCUT2D eigenvalue weighted by molar-refractivity contribution is -0.0321. The molecule has 4 nitrogen and oxygen atoms in total. The van der Waals surface area contributed by atoms with Gasteiger partial charge in [-0.25, -0.2) is 0 Å². The molecule has 2 rings (SSSR count). The minimum absolute atomic E-state index is 0.400. The third-order valence-electron chi connectivity index (χ3n) is 4.64. The second-order valence-corrected chi connectivity index (χ2v) is 6.75. The van der Waals surface area contributed by atoms with Crippen LogP contribution in [0.15, 0.2) is 4.99 Å². The summed E-state index contributed by atoms with van der Waals surface area (Å²) in [6.45, 7) is 6.18. The molecule has 2 unspecified atom stereocenters. The zero-order valence-corrected chi connectivity index (χ0v) is 13.1. The highest BCUT2D eigenvalue weighted by atomic mass is 16.5. The third-order valence-corrected chi connectivity index (χ3v) is 4.64. The van der Waals surface area contributed by atoms with E-state index in [1.165, 1.54) is 32.1 Å². The van der Waals surface area contributed by atoms with Gasteiger partial charge in [0.25, 0.3) is 0 Å². The van der Waals surface area contributed by atoms with Crippen LogP contribution in [-0.4, -0.2) is 31.3 Å². The average molecular weight is 281 g/mol. The summed E-state index contributed by atoms with van der Waals surface area (Å²) in [5.74, 6) is 1.87. The number of nitrogens with one attached hydrogen (secondary N) is 1. The molecule has 20 heavy (non-hydrogen) atoms. The Morgan fingerprint density at radius 1 is 1.25 bits per heavy atom. The Balaban J connectivity index is 1.73. The van der Waals surface area contributed by atoms with Gasteiger partial charge in [-0.3, -0.25) is 4.99 Å². The second-order valence-electron chi connectivity index (χ2n) is 6.75. The van der Waals surface area contributed by atoms with Gasteiger partial charge >= 0.3 is 0 Å². The first-order chi connectivity index (χ1) is 9.65. The van der Waals surface area contributed by atoms with Crippen LogP contribution in [0.25, 0.3) is 0 Å². The van der Waals surface area contributed by atoms with Crippen molar-refractivity contribution < 1.29 is 4.74 Å². The molecule has 1 aliphatic heterocycles. The molecule has 0 aromatic rings. The summed E-state index contributed by atoms with van der Waals surface area (Å²) in [5, 5.41) is 3.39. The van der Waals surface area contributed by atoms with Gasteiger partial charge in [0, 0.05) is 19.2 Å². The number of rotatable bonds is 4. The lowest BCUT2D eigenvalue weighted by Gasteiger charge is -2.31. The van der Waals surface area contributed by atoms with Crippen LogP contribution < -0.4 is 11.1 Å². The Morgan fingerprint density at radius 3 is 2.70 bits per heavy atom. The number of hydrogen-bond donors (Lipinski definition) is 2. The van der Waals surface area contributed by atoms with Crippen LogP contribution in [0.4, 0.5) is 0 Å². The number of hydrogen-bond acceptors (Lipinski definition) is 2. The summed E-state index contributed by atoms with van der Waals surface area (Å²) in [6, 6.07) is 0.547. The van der Waals surface area contributed by atoms with E-state index in [0.29, 0.717) is 29.9 Å². The number of nitrogens with two attached hydrogens (primary N) is 1. The molecular formula is C16H31N3O. The molecular weight excluding hydrogens is 250 g/mol. The normalized spacial score (nSPS) is 29.6. The molecule has 1 heterocycles. The van der Waals surface area contributed by atoms with Crippen LogP contribution in [0, 0.1) is 11.8 Å². The van der Waals surface area contributed by atoms with E-state index >= 15 is 0 Å². The number of nitrogens with zero attached hydrogens (tertiary/aromatic N) is 1. The molecule has 116 valence electrons. The van der Waals surface area contributed by atoms with E-state index in [9.17, 15) is 0 Å².